The molecular weight excluding hydrogens is 469 g/mol. The van der Waals surface area contributed by atoms with Crippen LogP contribution in [0.2, 0.25) is 10.0 Å². The van der Waals surface area contributed by atoms with E-state index in [4.69, 9.17) is 40.4 Å². The summed E-state index contributed by atoms with van der Waals surface area (Å²) in [5.74, 6) is 0.984. The minimum absolute atomic E-state index is 0.0509. The van der Waals surface area contributed by atoms with Gasteiger partial charge in [0.05, 0.1) is 6.04 Å². The zero-order valence-corrected chi connectivity index (χ0v) is 22.0. The fourth-order valence-electron chi connectivity index (χ4n) is 4.70. The molecule has 174 valence electrons. The van der Waals surface area contributed by atoms with E-state index in [9.17, 15) is 0 Å². The standard InChI is InChI=1S/C27H31Cl2N3S/c1-18-7-12-21(13-8-18)32-25(33)31-24(27(32)15-5-6-16-27)30-23(26(2,3)4)14-10-19-9-11-20(28)17-22(19)29/h7-14,17,23H,5-6,15-16H2,1-4H3,(H,30,31,33)/b14-10+/t23-/m0/s1. The molecule has 1 N–H and O–H groups in total. The zero-order valence-electron chi connectivity index (χ0n) is 19.7. The summed E-state index contributed by atoms with van der Waals surface area (Å²) >= 11 is 18.3. The van der Waals surface area contributed by atoms with Crippen molar-refractivity contribution in [1.82, 2.24) is 5.32 Å². The summed E-state index contributed by atoms with van der Waals surface area (Å²) in [6, 6.07) is 14.1. The summed E-state index contributed by atoms with van der Waals surface area (Å²) in [4.78, 5) is 7.61. The van der Waals surface area contributed by atoms with Crippen LogP contribution in [0.3, 0.4) is 0 Å². The van der Waals surface area contributed by atoms with E-state index in [1.165, 1.54) is 18.4 Å². The molecule has 0 bridgehead atoms. The number of amidine groups is 1. The molecule has 1 saturated heterocycles. The van der Waals surface area contributed by atoms with Gasteiger partial charge in [-0.15, -0.1) is 0 Å². The summed E-state index contributed by atoms with van der Waals surface area (Å²) in [7, 11) is 0. The fourth-order valence-corrected chi connectivity index (χ4v) is 5.55. The van der Waals surface area contributed by atoms with Crippen molar-refractivity contribution in [3.05, 3.63) is 69.7 Å². The van der Waals surface area contributed by atoms with Gasteiger partial charge in [-0.3, -0.25) is 4.99 Å². The summed E-state index contributed by atoms with van der Waals surface area (Å²) in [5.41, 5.74) is 3.01. The second kappa shape index (κ2) is 9.40. The summed E-state index contributed by atoms with van der Waals surface area (Å²) in [5, 5.41) is 5.50. The van der Waals surface area contributed by atoms with Crippen molar-refractivity contribution >= 4 is 58.1 Å². The van der Waals surface area contributed by atoms with Crippen molar-refractivity contribution in [2.45, 2.75) is 65.0 Å². The molecule has 0 aromatic heterocycles. The summed E-state index contributed by atoms with van der Waals surface area (Å²) in [6.07, 6.45) is 8.60. The first kappa shape index (κ1) is 24.3. The second-order valence-electron chi connectivity index (χ2n) is 10.2. The largest absolute Gasteiger partial charge is 0.319 e. The van der Waals surface area contributed by atoms with Crippen molar-refractivity contribution in [3.8, 4) is 0 Å². The van der Waals surface area contributed by atoms with Crippen LogP contribution in [-0.4, -0.2) is 22.5 Å². The number of halogens is 2. The van der Waals surface area contributed by atoms with Crippen LogP contribution in [0.15, 0.2) is 53.5 Å². The molecule has 33 heavy (non-hydrogen) atoms. The van der Waals surface area contributed by atoms with Gasteiger partial charge in [-0.1, -0.05) is 92.7 Å². The first-order chi connectivity index (χ1) is 15.6. The van der Waals surface area contributed by atoms with E-state index in [2.05, 4.69) is 68.3 Å². The van der Waals surface area contributed by atoms with Crippen molar-refractivity contribution in [3.63, 3.8) is 0 Å². The predicted octanol–water partition coefficient (Wildman–Crippen LogP) is 7.84. The second-order valence-corrected chi connectivity index (χ2v) is 11.4. The van der Waals surface area contributed by atoms with Crippen molar-refractivity contribution in [2.75, 3.05) is 4.90 Å². The van der Waals surface area contributed by atoms with E-state index in [0.717, 1.165) is 35.0 Å². The van der Waals surface area contributed by atoms with Crippen LogP contribution in [0.5, 0.6) is 0 Å². The Morgan fingerprint density at radius 1 is 1.09 bits per heavy atom. The van der Waals surface area contributed by atoms with Gasteiger partial charge in [0, 0.05) is 15.7 Å². The Morgan fingerprint density at radius 2 is 1.76 bits per heavy atom. The molecule has 2 aromatic rings. The monoisotopic (exact) mass is 499 g/mol. The highest BCUT2D eigenvalue weighted by molar-refractivity contribution is 7.80. The molecule has 1 heterocycles. The predicted molar refractivity (Wildman–Crippen MR) is 147 cm³/mol. The lowest BCUT2D eigenvalue weighted by atomic mass is 9.86. The van der Waals surface area contributed by atoms with E-state index in [-0.39, 0.29) is 17.0 Å². The maximum atomic E-state index is 6.41. The molecule has 1 spiro atoms. The van der Waals surface area contributed by atoms with E-state index in [0.29, 0.717) is 10.0 Å². The first-order valence-electron chi connectivity index (χ1n) is 11.5. The Labute approximate surface area is 212 Å². The lowest BCUT2D eigenvalue weighted by Crippen LogP contribution is -2.48. The highest BCUT2D eigenvalue weighted by Crippen LogP contribution is 2.43. The number of hydrogen-bond acceptors (Lipinski definition) is 2. The zero-order chi connectivity index (χ0) is 23.8. The number of aliphatic imine (C=N–C) groups is 1. The molecule has 0 amide bonds. The fraction of sp³-hybridized carbons (Fsp3) is 0.407. The van der Waals surface area contributed by atoms with Gasteiger partial charge in [-0.25, -0.2) is 0 Å². The van der Waals surface area contributed by atoms with Crippen molar-refractivity contribution < 1.29 is 0 Å². The molecule has 0 unspecified atom stereocenters. The average molecular weight is 501 g/mol. The quantitative estimate of drug-likeness (QED) is 0.434. The van der Waals surface area contributed by atoms with Gasteiger partial charge in [0.25, 0.3) is 0 Å². The lowest BCUT2D eigenvalue weighted by molar-refractivity contribution is 0.366. The van der Waals surface area contributed by atoms with E-state index in [1.807, 2.05) is 18.2 Å². The van der Waals surface area contributed by atoms with Crippen LogP contribution < -0.4 is 10.2 Å². The Hall–Kier alpha value is -1.88. The molecule has 6 heteroatoms. The van der Waals surface area contributed by atoms with Crippen molar-refractivity contribution in [2.24, 2.45) is 10.4 Å². The van der Waals surface area contributed by atoms with E-state index < -0.39 is 0 Å². The average Bonchev–Trinajstić information content (AvgIpc) is 3.32. The molecule has 1 saturated carbocycles. The first-order valence-corrected chi connectivity index (χ1v) is 12.7. The molecular formula is C27H31Cl2N3S. The number of anilines is 1. The van der Waals surface area contributed by atoms with Gasteiger partial charge >= 0.3 is 0 Å². The van der Waals surface area contributed by atoms with Crippen LogP contribution in [0.25, 0.3) is 6.08 Å². The lowest BCUT2D eigenvalue weighted by Gasteiger charge is -2.35. The molecule has 2 aromatic carbocycles. The molecule has 1 aliphatic carbocycles. The van der Waals surface area contributed by atoms with Gasteiger partial charge in [-0.05, 0) is 67.2 Å². The third kappa shape index (κ3) is 4.99. The smallest absolute Gasteiger partial charge is 0.179 e. The van der Waals surface area contributed by atoms with Crippen LogP contribution in [0.4, 0.5) is 5.69 Å². The maximum absolute atomic E-state index is 6.41. The number of benzene rings is 2. The number of nitrogens with zero attached hydrogens (tertiary/aromatic N) is 2. The van der Waals surface area contributed by atoms with Crippen LogP contribution in [-0.2, 0) is 0 Å². The number of nitrogens with one attached hydrogen (secondary N) is 1. The van der Waals surface area contributed by atoms with Crippen LogP contribution >= 0.6 is 35.4 Å². The summed E-state index contributed by atoms with van der Waals surface area (Å²) in [6.45, 7) is 8.74. The summed E-state index contributed by atoms with van der Waals surface area (Å²) < 4.78 is 0. The Balaban J connectivity index is 1.73. The van der Waals surface area contributed by atoms with E-state index in [1.54, 1.807) is 6.07 Å². The van der Waals surface area contributed by atoms with Crippen LogP contribution in [0.1, 0.15) is 57.6 Å². The van der Waals surface area contributed by atoms with E-state index >= 15 is 0 Å². The van der Waals surface area contributed by atoms with Crippen LogP contribution in [0, 0.1) is 12.3 Å². The number of hydrogen-bond donors (Lipinski definition) is 1. The normalized spacial score (nSPS) is 20.2. The highest BCUT2D eigenvalue weighted by Gasteiger charge is 2.51. The minimum atomic E-state index is -0.207. The van der Waals surface area contributed by atoms with Gasteiger partial charge in [0.2, 0.25) is 0 Å². The molecule has 1 atom stereocenters. The number of thiocarbonyl (C=S) groups is 1. The minimum Gasteiger partial charge on any atom is -0.319 e. The molecule has 1 aliphatic heterocycles. The topological polar surface area (TPSA) is 27.6 Å². The Kier molecular flexibility index (Phi) is 6.91. The Bertz CT molecular complexity index is 1090. The Morgan fingerprint density at radius 3 is 2.36 bits per heavy atom. The number of rotatable bonds is 4. The molecule has 4 rings (SSSR count). The molecule has 2 aliphatic rings. The number of aryl methyl sites for hydroxylation is 1. The van der Waals surface area contributed by atoms with Crippen molar-refractivity contribution in [1.29, 1.82) is 0 Å². The molecule has 0 radical (unpaired) electrons. The third-order valence-electron chi connectivity index (χ3n) is 6.60. The van der Waals surface area contributed by atoms with Gasteiger partial charge < -0.3 is 10.2 Å². The highest BCUT2D eigenvalue weighted by atomic mass is 35.5. The van der Waals surface area contributed by atoms with Gasteiger partial charge in [-0.2, -0.15) is 0 Å². The van der Waals surface area contributed by atoms with Gasteiger partial charge in [0.1, 0.15) is 11.4 Å². The van der Waals surface area contributed by atoms with Gasteiger partial charge in [0.15, 0.2) is 5.11 Å². The molecule has 2 fully saturated rings. The third-order valence-corrected chi connectivity index (χ3v) is 7.44. The molecule has 3 nitrogen and oxygen atoms in total. The maximum Gasteiger partial charge on any atom is 0.179 e. The SMILES string of the molecule is Cc1ccc(N2C(=S)NC(=N[C@@H](/C=C/c3ccc(Cl)cc3Cl)C(C)(C)C)C23CCCC3)cc1.